The topological polar surface area (TPSA) is 132 Å². The first kappa shape index (κ1) is 33.5. The summed E-state index contributed by atoms with van der Waals surface area (Å²) in [6, 6.07) is 22.8. The van der Waals surface area contributed by atoms with E-state index in [0.29, 0.717) is 22.3 Å². The number of halogens is 2. The second-order valence-corrected chi connectivity index (χ2v) is 7.98. The van der Waals surface area contributed by atoms with Crippen molar-refractivity contribution in [2.75, 3.05) is 7.11 Å². The lowest BCUT2D eigenvalue weighted by Gasteiger charge is -2.08. The van der Waals surface area contributed by atoms with Gasteiger partial charge in [0.05, 0.1) is 18.2 Å². The SMILES string of the molecule is COC(=O)c1ccc(-c2ccccc2F)c(C)c1.Cc1cc(C(=O)O)ccc1-c1ccccc1F.O=C=O.O=C=O. The Hall–Kier alpha value is -5.56. The largest absolute Gasteiger partial charge is 0.478 e. The molecule has 0 bridgehead atoms. The van der Waals surface area contributed by atoms with E-state index >= 15 is 0 Å². The predicted octanol–water partition coefficient (Wildman–Crippen LogP) is 5.92. The Bertz CT molecular complexity index is 1560. The highest BCUT2D eigenvalue weighted by atomic mass is 19.1. The number of hydrogen-bond acceptors (Lipinski definition) is 7. The summed E-state index contributed by atoms with van der Waals surface area (Å²) in [5.74, 6) is -1.95. The van der Waals surface area contributed by atoms with Gasteiger partial charge in [0.2, 0.25) is 0 Å². The molecule has 0 saturated carbocycles. The molecule has 0 saturated heterocycles. The Balaban J connectivity index is 0.000000345. The van der Waals surface area contributed by atoms with Gasteiger partial charge in [0.15, 0.2) is 0 Å². The van der Waals surface area contributed by atoms with Gasteiger partial charge in [0, 0.05) is 11.1 Å². The molecule has 0 unspecified atom stereocenters. The van der Waals surface area contributed by atoms with Crippen molar-refractivity contribution in [2.45, 2.75) is 13.8 Å². The van der Waals surface area contributed by atoms with E-state index < -0.39 is 11.9 Å². The summed E-state index contributed by atoms with van der Waals surface area (Å²) < 4.78 is 31.9. The van der Waals surface area contributed by atoms with Crippen LogP contribution in [0.2, 0.25) is 0 Å². The van der Waals surface area contributed by atoms with E-state index in [1.807, 2.05) is 6.92 Å². The van der Waals surface area contributed by atoms with Crippen molar-refractivity contribution in [1.29, 1.82) is 0 Å². The maximum absolute atomic E-state index is 13.7. The van der Waals surface area contributed by atoms with Gasteiger partial charge in [-0.05, 0) is 72.5 Å². The van der Waals surface area contributed by atoms with Crippen LogP contribution >= 0.6 is 0 Å². The third-order valence-electron chi connectivity index (χ3n) is 5.45. The minimum atomic E-state index is -0.979. The molecule has 0 amide bonds. The average molecular weight is 563 g/mol. The zero-order valence-electron chi connectivity index (χ0n) is 22.1. The van der Waals surface area contributed by atoms with Gasteiger partial charge in [-0.1, -0.05) is 48.5 Å². The van der Waals surface area contributed by atoms with Crippen molar-refractivity contribution in [3.63, 3.8) is 0 Å². The molecule has 0 aliphatic rings. The van der Waals surface area contributed by atoms with Gasteiger partial charge in [-0.2, -0.15) is 19.2 Å². The molecular weight excluding hydrogens is 538 g/mol. The fourth-order valence-corrected chi connectivity index (χ4v) is 3.67. The third-order valence-corrected chi connectivity index (χ3v) is 5.45. The second kappa shape index (κ2) is 17.1. The number of carbonyl (C=O) groups is 2. The van der Waals surface area contributed by atoms with Gasteiger partial charge in [0.1, 0.15) is 11.6 Å². The van der Waals surface area contributed by atoms with Crippen LogP contribution in [0.4, 0.5) is 8.78 Å². The zero-order valence-corrected chi connectivity index (χ0v) is 22.1. The molecule has 210 valence electrons. The zero-order chi connectivity index (χ0) is 30.9. The molecule has 0 radical (unpaired) electrons. The van der Waals surface area contributed by atoms with Gasteiger partial charge >= 0.3 is 24.2 Å². The predicted molar refractivity (Wildman–Crippen MR) is 141 cm³/mol. The Kier molecular flexibility index (Phi) is 14.0. The van der Waals surface area contributed by atoms with Crippen molar-refractivity contribution in [3.8, 4) is 22.3 Å². The Morgan fingerprint density at radius 3 is 1.34 bits per heavy atom. The van der Waals surface area contributed by atoms with Crippen molar-refractivity contribution in [1.82, 2.24) is 0 Å². The highest BCUT2D eigenvalue weighted by Crippen LogP contribution is 2.27. The van der Waals surface area contributed by atoms with Gasteiger partial charge in [-0.3, -0.25) is 0 Å². The minimum Gasteiger partial charge on any atom is -0.478 e. The molecule has 41 heavy (non-hydrogen) atoms. The molecule has 0 fully saturated rings. The van der Waals surface area contributed by atoms with Crippen molar-refractivity contribution < 1.29 is 47.4 Å². The number of benzene rings is 4. The molecule has 0 heterocycles. The molecule has 0 aliphatic heterocycles. The quantitative estimate of drug-likeness (QED) is 0.303. The monoisotopic (exact) mass is 562 g/mol. The molecule has 0 aliphatic carbocycles. The van der Waals surface area contributed by atoms with E-state index in [9.17, 15) is 18.4 Å². The number of hydrogen-bond donors (Lipinski definition) is 1. The van der Waals surface area contributed by atoms with Crippen LogP contribution in [0.3, 0.4) is 0 Å². The highest BCUT2D eigenvalue weighted by Gasteiger charge is 2.11. The molecule has 10 heteroatoms. The molecule has 1 N–H and O–H groups in total. The maximum atomic E-state index is 13.7. The number of carboxylic acid groups (broad SMARTS) is 1. The number of ether oxygens (including phenoxy) is 1. The smallest absolute Gasteiger partial charge is 0.373 e. The van der Waals surface area contributed by atoms with Crippen molar-refractivity contribution in [3.05, 3.63) is 119 Å². The Morgan fingerprint density at radius 2 is 1.00 bits per heavy atom. The normalized spacial score (nSPS) is 9.10. The van der Waals surface area contributed by atoms with Crippen LogP contribution in [0, 0.1) is 25.5 Å². The number of aromatic carboxylic acids is 1. The van der Waals surface area contributed by atoms with Gasteiger partial charge in [-0.25, -0.2) is 18.4 Å². The van der Waals surface area contributed by atoms with E-state index in [1.54, 1.807) is 73.7 Å². The third kappa shape index (κ3) is 9.92. The lowest BCUT2D eigenvalue weighted by Crippen LogP contribution is -2.01. The molecule has 4 rings (SSSR count). The lowest BCUT2D eigenvalue weighted by molar-refractivity contribution is -0.193. The molecular formula is C31H24F2O8. The number of esters is 1. The fraction of sp³-hybridized carbons (Fsp3) is 0.0968. The van der Waals surface area contributed by atoms with Crippen molar-refractivity contribution in [2.24, 2.45) is 0 Å². The number of methoxy groups -OCH3 is 1. The molecule has 0 spiro atoms. The summed E-state index contributed by atoms with van der Waals surface area (Å²) in [4.78, 5) is 54.7. The van der Waals surface area contributed by atoms with E-state index in [-0.39, 0.29) is 29.5 Å². The highest BCUT2D eigenvalue weighted by molar-refractivity contribution is 5.90. The van der Waals surface area contributed by atoms with E-state index in [2.05, 4.69) is 4.74 Å². The van der Waals surface area contributed by atoms with Gasteiger partial charge in [-0.15, -0.1) is 0 Å². The van der Waals surface area contributed by atoms with Gasteiger partial charge in [0.25, 0.3) is 0 Å². The minimum absolute atomic E-state index is 0.211. The van der Waals surface area contributed by atoms with E-state index in [0.717, 1.165) is 16.7 Å². The van der Waals surface area contributed by atoms with Gasteiger partial charge < -0.3 is 9.84 Å². The first-order valence-corrected chi connectivity index (χ1v) is 11.6. The summed E-state index contributed by atoms with van der Waals surface area (Å²) >= 11 is 0. The molecule has 4 aromatic rings. The fourth-order valence-electron chi connectivity index (χ4n) is 3.67. The Morgan fingerprint density at radius 1 is 0.634 bits per heavy atom. The first-order chi connectivity index (χ1) is 19.6. The molecule has 4 aromatic carbocycles. The van der Waals surface area contributed by atoms with Crippen LogP contribution < -0.4 is 0 Å². The summed E-state index contributed by atoms with van der Waals surface area (Å²) in [6.45, 7) is 3.61. The maximum Gasteiger partial charge on any atom is 0.373 e. The molecule has 8 nitrogen and oxygen atoms in total. The van der Waals surface area contributed by atoms with Crippen LogP contribution in [0.5, 0.6) is 0 Å². The van der Waals surface area contributed by atoms with Crippen LogP contribution in [-0.4, -0.2) is 36.5 Å². The molecule has 0 atom stereocenters. The standard InChI is InChI=1S/C15H13FO2.C14H11FO2.2CO2/c1-10-9-11(15(17)18-2)7-8-12(10)13-5-3-4-6-14(13)16;1-9-8-10(14(16)17)6-7-11(9)12-4-2-3-5-13(12)15;2*2-1-3/h3-9H,1-2H3;2-8H,1H3,(H,16,17);;. The van der Waals surface area contributed by atoms with E-state index in [4.69, 9.17) is 24.3 Å². The summed E-state index contributed by atoms with van der Waals surface area (Å²) in [5, 5.41) is 8.85. The number of carbonyl (C=O) groups excluding carboxylic acids is 5. The summed E-state index contributed by atoms with van der Waals surface area (Å²) in [6.07, 6.45) is 0.500. The molecule has 0 aromatic heterocycles. The van der Waals surface area contributed by atoms with Crippen LogP contribution in [0.1, 0.15) is 31.8 Å². The summed E-state index contributed by atoms with van der Waals surface area (Å²) in [7, 11) is 1.34. The van der Waals surface area contributed by atoms with Crippen LogP contribution in [0.15, 0.2) is 84.9 Å². The first-order valence-electron chi connectivity index (χ1n) is 11.6. The Labute approximate surface area is 233 Å². The number of rotatable bonds is 4. The van der Waals surface area contributed by atoms with Crippen LogP contribution in [-0.2, 0) is 23.9 Å². The van der Waals surface area contributed by atoms with E-state index in [1.165, 1.54) is 25.3 Å². The number of aryl methyl sites for hydroxylation is 2. The number of carboxylic acids is 1. The average Bonchev–Trinajstić information content (AvgIpc) is 2.95. The lowest BCUT2D eigenvalue weighted by atomic mass is 9.98. The summed E-state index contributed by atoms with van der Waals surface area (Å²) in [5.41, 5.74) is 4.78. The van der Waals surface area contributed by atoms with Crippen molar-refractivity contribution >= 4 is 24.2 Å². The second-order valence-electron chi connectivity index (χ2n) is 7.98. The van der Waals surface area contributed by atoms with Crippen LogP contribution in [0.25, 0.3) is 22.3 Å².